The molecule has 0 saturated heterocycles. The van der Waals surface area contributed by atoms with E-state index in [0.717, 1.165) is 0 Å². The quantitative estimate of drug-likeness (QED) is 0.615. The van der Waals surface area contributed by atoms with Gasteiger partial charge in [0.15, 0.2) is 11.5 Å². The molecule has 3 nitrogen and oxygen atoms in total. The zero-order valence-corrected chi connectivity index (χ0v) is 10.7. The van der Waals surface area contributed by atoms with Gasteiger partial charge in [0.2, 0.25) is 0 Å². The van der Waals surface area contributed by atoms with Crippen LogP contribution in [0.25, 0.3) is 0 Å². The van der Waals surface area contributed by atoms with Gasteiger partial charge in [0.1, 0.15) is 13.2 Å². The van der Waals surface area contributed by atoms with Crippen molar-refractivity contribution in [1.29, 1.82) is 0 Å². The number of halogens is 2. The maximum absolute atomic E-state index is 11.1. The summed E-state index contributed by atoms with van der Waals surface area (Å²) in [5.74, 6) is 5.03. The molecule has 0 spiro atoms. The molecule has 0 aliphatic heterocycles. The Bertz CT molecular complexity index is 538. The summed E-state index contributed by atoms with van der Waals surface area (Å²) in [6, 6.07) is 2.76. The van der Waals surface area contributed by atoms with Crippen molar-refractivity contribution in [2.24, 2.45) is 0 Å². The van der Waals surface area contributed by atoms with E-state index in [4.69, 9.17) is 45.5 Å². The molecule has 0 amide bonds. The highest BCUT2D eigenvalue weighted by atomic mass is 35.5. The number of carbonyl (C=O) groups excluding carboxylic acids is 1. The van der Waals surface area contributed by atoms with E-state index in [0.29, 0.717) is 0 Å². The molecule has 92 valence electrons. The molecule has 0 N–H and O–H groups in total. The lowest BCUT2D eigenvalue weighted by atomic mass is 10.2. The minimum Gasteiger partial charge on any atom is -0.477 e. The molecule has 0 fully saturated rings. The maximum atomic E-state index is 11.1. The first kappa shape index (κ1) is 14.3. The molecule has 0 unspecified atom stereocenters. The number of terminal acetylenes is 2. The summed E-state index contributed by atoms with van der Waals surface area (Å²) < 4.78 is 10.5. The Morgan fingerprint density at radius 1 is 1.22 bits per heavy atom. The van der Waals surface area contributed by atoms with Crippen LogP contribution < -0.4 is 9.47 Å². The van der Waals surface area contributed by atoms with E-state index < -0.39 is 5.24 Å². The summed E-state index contributed by atoms with van der Waals surface area (Å²) in [6.07, 6.45) is 10.2. The molecule has 0 bridgehead atoms. The normalized spacial score (nSPS) is 9.11. The number of hydrogen-bond acceptors (Lipinski definition) is 3. The molecule has 18 heavy (non-hydrogen) atoms. The molecule has 0 saturated carbocycles. The van der Waals surface area contributed by atoms with Crippen molar-refractivity contribution >= 4 is 28.4 Å². The number of carbonyl (C=O) groups is 1. The summed E-state index contributed by atoms with van der Waals surface area (Å²) in [7, 11) is 0. The van der Waals surface area contributed by atoms with Gasteiger partial charge in [-0.1, -0.05) is 23.4 Å². The summed E-state index contributed by atoms with van der Waals surface area (Å²) >= 11 is 11.3. The van der Waals surface area contributed by atoms with Crippen molar-refractivity contribution in [3.05, 3.63) is 22.7 Å². The first-order valence-electron chi connectivity index (χ1n) is 4.76. The molecule has 0 radical (unpaired) electrons. The van der Waals surface area contributed by atoms with Crippen molar-refractivity contribution in [2.45, 2.75) is 0 Å². The predicted molar refractivity (Wildman–Crippen MR) is 70.3 cm³/mol. The Morgan fingerprint density at radius 3 is 2.39 bits per heavy atom. The number of hydrogen-bond donors (Lipinski definition) is 0. The van der Waals surface area contributed by atoms with Crippen molar-refractivity contribution in [1.82, 2.24) is 0 Å². The summed E-state index contributed by atoms with van der Waals surface area (Å²) in [4.78, 5) is 11.1. The smallest absolute Gasteiger partial charge is 0.252 e. The van der Waals surface area contributed by atoms with E-state index in [1.165, 1.54) is 12.1 Å². The standard InChI is InChI=1S/C13H8Cl2O3/c1-3-5-17-11-8-9(13(15)16)7-10(14)12(11)18-6-4-2/h1-2,7-8H,5-6H2. The zero-order chi connectivity index (χ0) is 13.5. The predicted octanol–water partition coefficient (Wildman–Crippen LogP) is 2.74. The second-order valence-electron chi connectivity index (χ2n) is 3.04. The van der Waals surface area contributed by atoms with Gasteiger partial charge in [-0.05, 0) is 23.7 Å². The Labute approximate surface area is 115 Å². The third kappa shape index (κ3) is 3.60. The lowest BCUT2D eigenvalue weighted by Gasteiger charge is -2.12. The highest BCUT2D eigenvalue weighted by Crippen LogP contribution is 2.37. The minimum absolute atomic E-state index is 0.00265. The number of benzene rings is 1. The molecule has 0 aliphatic carbocycles. The molecule has 1 aromatic rings. The van der Waals surface area contributed by atoms with E-state index in [2.05, 4.69) is 11.8 Å². The third-order valence-corrected chi connectivity index (χ3v) is 2.35. The Kier molecular flexibility index (Phi) is 5.39. The summed E-state index contributed by atoms with van der Waals surface area (Å²) in [6.45, 7) is 0.0168. The van der Waals surface area contributed by atoms with Gasteiger partial charge in [0, 0.05) is 5.56 Å². The Hall–Kier alpha value is -1.81. The first-order valence-corrected chi connectivity index (χ1v) is 5.51. The molecular weight excluding hydrogens is 275 g/mol. The van der Waals surface area contributed by atoms with Gasteiger partial charge < -0.3 is 9.47 Å². The lowest BCUT2D eigenvalue weighted by Crippen LogP contribution is -2.02. The van der Waals surface area contributed by atoms with E-state index in [1.54, 1.807) is 0 Å². The van der Waals surface area contributed by atoms with Crippen LogP contribution in [0.1, 0.15) is 10.4 Å². The highest BCUT2D eigenvalue weighted by molar-refractivity contribution is 6.67. The van der Waals surface area contributed by atoms with Crippen LogP contribution in [-0.4, -0.2) is 18.5 Å². The first-order chi connectivity index (χ1) is 8.60. The largest absolute Gasteiger partial charge is 0.477 e. The fourth-order valence-corrected chi connectivity index (χ4v) is 1.54. The van der Waals surface area contributed by atoms with Gasteiger partial charge in [-0.3, -0.25) is 4.79 Å². The molecule has 0 atom stereocenters. The number of rotatable bonds is 5. The zero-order valence-electron chi connectivity index (χ0n) is 9.20. The van der Waals surface area contributed by atoms with E-state index in [9.17, 15) is 4.79 Å². The van der Waals surface area contributed by atoms with Crippen LogP contribution in [0, 0.1) is 24.7 Å². The molecule has 1 rings (SSSR count). The van der Waals surface area contributed by atoms with Crippen LogP contribution in [0.3, 0.4) is 0 Å². The van der Waals surface area contributed by atoms with Gasteiger partial charge in [-0.15, -0.1) is 12.8 Å². The fraction of sp³-hybridized carbons (Fsp3) is 0.154. The van der Waals surface area contributed by atoms with Gasteiger partial charge in [0.05, 0.1) is 5.02 Å². The molecule has 0 aromatic heterocycles. The van der Waals surface area contributed by atoms with Crippen molar-refractivity contribution in [3.8, 4) is 36.2 Å². The van der Waals surface area contributed by atoms with Crippen LogP contribution in [0.15, 0.2) is 12.1 Å². The average Bonchev–Trinajstić information content (AvgIpc) is 2.34. The van der Waals surface area contributed by atoms with Crippen molar-refractivity contribution < 1.29 is 14.3 Å². The second-order valence-corrected chi connectivity index (χ2v) is 3.80. The molecule has 0 aliphatic rings. The van der Waals surface area contributed by atoms with E-state index in [-0.39, 0.29) is 35.3 Å². The third-order valence-electron chi connectivity index (χ3n) is 1.85. The number of ether oxygens (including phenoxy) is 2. The molecule has 0 heterocycles. The molecule has 1 aromatic carbocycles. The Morgan fingerprint density at radius 2 is 1.83 bits per heavy atom. The van der Waals surface area contributed by atoms with Crippen LogP contribution >= 0.6 is 23.2 Å². The van der Waals surface area contributed by atoms with Gasteiger partial charge >= 0.3 is 0 Å². The van der Waals surface area contributed by atoms with Crippen LogP contribution in [0.2, 0.25) is 5.02 Å². The van der Waals surface area contributed by atoms with Crippen LogP contribution in [-0.2, 0) is 0 Å². The topological polar surface area (TPSA) is 35.5 Å². The monoisotopic (exact) mass is 282 g/mol. The fourth-order valence-electron chi connectivity index (χ4n) is 1.16. The average molecular weight is 283 g/mol. The van der Waals surface area contributed by atoms with E-state index >= 15 is 0 Å². The maximum Gasteiger partial charge on any atom is 0.252 e. The highest BCUT2D eigenvalue weighted by Gasteiger charge is 2.15. The molecular formula is C13H8Cl2O3. The minimum atomic E-state index is -0.661. The lowest BCUT2D eigenvalue weighted by molar-refractivity contribution is 0.108. The van der Waals surface area contributed by atoms with Gasteiger partial charge in [0.25, 0.3) is 5.24 Å². The van der Waals surface area contributed by atoms with Gasteiger partial charge in [-0.25, -0.2) is 0 Å². The summed E-state index contributed by atoms with van der Waals surface area (Å²) in [5, 5.41) is -0.491. The van der Waals surface area contributed by atoms with Crippen LogP contribution in [0.5, 0.6) is 11.5 Å². The van der Waals surface area contributed by atoms with Crippen molar-refractivity contribution in [2.75, 3.05) is 13.2 Å². The van der Waals surface area contributed by atoms with E-state index in [1.807, 2.05) is 0 Å². The molecule has 5 heteroatoms. The van der Waals surface area contributed by atoms with Gasteiger partial charge in [-0.2, -0.15) is 0 Å². The van der Waals surface area contributed by atoms with Crippen LogP contribution in [0.4, 0.5) is 0 Å². The second kappa shape index (κ2) is 6.81. The van der Waals surface area contributed by atoms with Crippen molar-refractivity contribution in [3.63, 3.8) is 0 Å². The Balaban J connectivity index is 3.18. The summed E-state index contributed by atoms with van der Waals surface area (Å²) in [5.41, 5.74) is 0.182. The SMILES string of the molecule is C#CCOc1cc(C(=O)Cl)cc(Cl)c1OCC#C.